The average Bonchev–Trinajstić information content (AvgIpc) is 2.84. The van der Waals surface area contributed by atoms with Crippen molar-refractivity contribution >= 4 is 0 Å². The molecule has 0 unspecified atom stereocenters. The summed E-state index contributed by atoms with van der Waals surface area (Å²) < 4.78 is 5.96. The molecular weight excluding hydrogens is 304 g/mol. The van der Waals surface area contributed by atoms with Crippen LogP contribution in [0.4, 0.5) is 0 Å². The smallest absolute Gasteiger partial charge is 0.0855 e. The normalized spacial score (nSPS) is 54.2. The fourth-order valence-corrected chi connectivity index (χ4v) is 6.54. The molecular formula is C20H32O4. The lowest BCUT2D eigenvalue weighted by molar-refractivity contribution is -0.127. The van der Waals surface area contributed by atoms with Crippen LogP contribution in [0.1, 0.15) is 59.3 Å². The van der Waals surface area contributed by atoms with Gasteiger partial charge in [0.1, 0.15) is 0 Å². The Labute approximate surface area is 144 Å². The molecule has 1 aliphatic heterocycles. The van der Waals surface area contributed by atoms with Gasteiger partial charge in [-0.25, -0.2) is 0 Å². The summed E-state index contributed by atoms with van der Waals surface area (Å²) >= 11 is 0. The highest BCUT2D eigenvalue weighted by atomic mass is 16.5. The largest absolute Gasteiger partial charge is 0.396 e. The van der Waals surface area contributed by atoms with E-state index in [1.54, 1.807) is 0 Å². The first kappa shape index (κ1) is 17.0. The molecule has 0 radical (unpaired) electrons. The van der Waals surface area contributed by atoms with Gasteiger partial charge in [-0.15, -0.1) is 0 Å². The topological polar surface area (TPSA) is 69.9 Å². The quantitative estimate of drug-likeness (QED) is 0.643. The van der Waals surface area contributed by atoms with E-state index in [1.165, 1.54) is 11.1 Å². The number of aliphatic hydroxyl groups is 3. The van der Waals surface area contributed by atoms with Crippen LogP contribution in [0.25, 0.3) is 0 Å². The molecule has 4 aliphatic rings. The third-order valence-electron chi connectivity index (χ3n) is 8.39. The van der Waals surface area contributed by atoms with Gasteiger partial charge in [0.05, 0.1) is 31.5 Å². The van der Waals surface area contributed by atoms with E-state index < -0.39 is 11.5 Å². The van der Waals surface area contributed by atoms with Gasteiger partial charge < -0.3 is 20.1 Å². The summed E-state index contributed by atoms with van der Waals surface area (Å²) in [5.41, 5.74) is 2.53. The second kappa shape index (κ2) is 5.29. The standard InChI is InChI=1S/C20H32O4/c1-18-7-6-15(22)20(3,11-21)14(18)5-4-12-9-19(2)16(23)10-24-17(19)8-13(12)18/h14-17,21-23H,4-11H2,1-3H3/t14-,15-,16+,17-,18-,19-,20-/m0/s1. The van der Waals surface area contributed by atoms with Gasteiger partial charge in [-0.1, -0.05) is 31.9 Å². The lowest BCUT2D eigenvalue weighted by atomic mass is 9.46. The zero-order valence-corrected chi connectivity index (χ0v) is 15.2. The van der Waals surface area contributed by atoms with Crippen LogP contribution in [0.15, 0.2) is 11.1 Å². The lowest BCUT2D eigenvalue weighted by Gasteiger charge is -2.59. The fourth-order valence-electron chi connectivity index (χ4n) is 6.54. The summed E-state index contributed by atoms with van der Waals surface area (Å²) in [7, 11) is 0. The van der Waals surface area contributed by atoms with Crippen molar-refractivity contribution in [3.63, 3.8) is 0 Å². The number of fused-ring (bicyclic) bond motifs is 3. The van der Waals surface area contributed by atoms with E-state index in [0.29, 0.717) is 12.5 Å². The molecule has 1 heterocycles. The molecule has 4 heteroatoms. The van der Waals surface area contributed by atoms with Crippen LogP contribution in [-0.4, -0.2) is 46.8 Å². The van der Waals surface area contributed by atoms with Crippen LogP contribution in [0.2, 0.25) is 0 Å². The van der Waals surface area contributed by atoms with Gasteiger partial charge >= 0.3 is 0 Å². The SMILES string of the molecule is C[C@@]12CC3=C(C[C@@H]1OC[C@H]2O)[C@]1(C)CC[C@H](O)[C@@](C)(CO)[C@H]1CC3. The van der Waals surface area contributed by atoms with Crippen molar-refractivity contribution in [1.29, 1.82) is 0 Å². The van der Waals surface area contributed by atoms with Crippen LogP contribution in [0.3, 0.4) is 0 Å². The maximum atomic E-state index is 10.6. The Bertz CT molecular complexity index is 572. The molecule has 0 aromatic heterocycles. The van der Waals surface area contributed by atoms with Crippen LogP contribution in [0.5, 0.6) is 0 Å². The molecule has 0 bridgehead atoms. The first-order chi connectivity index (χ1) is 11.3. The molecule has 4 rings (SSSR count). The Morgan fingerprint density at radius 2 is 1.88 bits per heavy atom. The first-order valence-corrected chi connectivity index (χ1v) is 9.55. The second-order valence-electron chi connectivity index (χ2n) is 9.53. The molecule has 24 heavy (non-hydrogen) atoms. The van der Waals surface area contributed by atoms with Gasteiger partial charge in [0, 0.05) is 10.8 Å². The molecule has 1 saturated heterocycles. The monoisotopic (exact) mass is 336 g/mol. The molecule has 136 valence electrons. The van der Waals surface area contributed by atoms with Crippen LogP contribution < -0.4 is 0 Å². The highest BCUT2D eigenvalue weighted by Gasteiger charge is 2.59. The summed E-state index contributed by atoms with van der Waals surface area (Å²) in [6.07, 6.45) is 4.98. The highest BCUT2D eigenvalue weighted by molar-refractivity contribution is 5.34. The molecule has 2 fully saturated rings. The van der Waals surface area contributed by atoms with Crippen LogP contribution in [-0.2, 0) is 4.74 Å². The van der Waals surface area contributed by atoms with Gasteiger partial charge in [-0.2, -0.15) is 0 Å². The fraction of sp³-hybridized carbons (Fsp3) is 0.900. The van der Waals surface area contributed by atoms with Gasteiger partial charge in [0.2, 0.25) is 0 Å². The van der Waals surface area contributed by atoms with E-state index in [1.807, 2.05) is 0 Å². The van der Waals surface area contributed by atoms with E-state index in [9.17, 15) is 15.3 Å². The number of ether oxygens (including phenoxy) is 1. The Balaban J connectivity index is 1.74. The molecule has 0 aromatic carbocycles. The first-order valence-electron chi connectivity index (χ1n) is 9.55. The lowest BCUT2D eigenvalue weighted by Crippen LogP contribution is -2.56. The van der Waals surface area contributed by atoms with E-state index in [0.717, 1.165) is 38.5 Å². The van der Waals surface area contributed by atoms with Crippen LogP contribution in [0, 0.1) is 22.2 Å². The molecule has 7 atom stereocenters. The molecule has 3 aliphatic carbocycles. The second-order valence-corrected chi connectivity index (χ2v) is 9.53. The van der Waals surface area contributed by atoms with Crippen molar-refractivity contribution in [2.45, 2.75) is 77.6 Å². The minimum absolute atomic E-state index is 0.0442. The number of hydrogen-bond donors (Lipinski definition) is 3. The molecule has 1 saturated carbocycles. The zero-order chi connectivity index (χ0) is 17.3. The Kier molecular flexibility index (Phi) is 3.75. The number of hydrogen-bond acceptors (Lipinski definition) is 4. The molecule has 4 nitrogen and oxygen atoms in total. The van der Waals surface area contributed by atoms with E-state index >= 15 is 0 Å². The zero-order valence-electron chi connectivity index (χ0n) is 15.2. The van der Waals surface area contributed by atoms with E-state index in [2.05, 4.69) is 20.8 Å². The van der Waals surface area contributed by atoms with Gasteiger partial charge in [0.15, 0.2) is 0 Å². The van der Waals surface area contributed by atoms with Crippen molar-refractivity contribution < 1.29 is 20.1 Å². The summed E-state index contributed by atoms with van der Waals surface area (Å²) in [6.45, 7) is 7.09. The highest BCUT2D eigenvalue weighted by Crippen LogP contribution is 2.64. The van der Waals surface area contributed by atoms with Crippen molar-refractivity contribution in [3.05, 3.63) is 11.1 Å². The average molecular weight is 336 g/mol. The minimum atomic E-state index is -0.416. The van der Waals surface area contributed by atoms with Crippen LogP contribution >= 0.6 is 0 Å². The Morgan fingerprint density at radius 1 is 1.12 bits per heavy atom. The van der Waals surface area contributed by atoms with Gasteiger partial charge in [-0.3, -0.25) is 0 Å². The van der Waals surface area contributed by atoms with Gasteiger partial charge in [0.25, 0.3) is 0 Å². The Hall–Kier alpha value is -0.420. The van der Waals surface area contributed by atoms with Crippen molar-refractivity contribution in [2.75, 3.05) is 13.2 Å². The maximum Gasteiger partial charge on any atom is 0.0855 e. The van der Waals surface area contributed by atoms with Crippen molar-refractivity contribution in [3.8, 4) is 0 Å². The molecule has 3 N–H and O–H groups in total. The number of rotatable bonds is 1. The van der Waals surface area contributed by atoms with Crippen molar-refractivity contribution in [1.82, 2.24) is 0 Å². The molecule has 0 aromatic rings. The predicted octanol–water partition coefficient (Wildman–Crippen LogP) is 2.41. The maximum absolute atomic E-state index is 10.6. The summed E-state index contributed by atoms with van der Waals surface area (Å²) in [6, 6.07) is 0. The summed E-state index contributed by atoms with van der Waals surface area (Å²) in [5, 5.41) is 31.0. The minimum Gasteiger partial charge on any atom is -0.396 e. The summed E-state index contributed by atoms with van der Waals surface area (Å²) in [4.78, 5) is 0. The third-order valence-corrected chi connectivity index (χ3v) is 8.39. The number of allylic oxidation sites excluding steroid dienone is 1. The van der Waals surface area contributed by atoms with Crippen molar-refractivity contribution in [2.24, 2.45) is 22.2 Å². The number of aliphatic hydroxyl groups excluding tert-OH is 3. The van der Waals surface area contributed by atoms with E-state index in [-0.39, 0.29) is 29.6 Å². The molecule has 0 amide bonds. The summed E-state index contributed by atoms with van der Waals surface area (Å²) in [5.74, 6) is 0.313. The van der Waals surface area contributed by atoms with Gasteiger partial charge in [-0.05, 0) is 49.9 Å². The predicted molar refractivity (Wildman–Crippen MR) is 91.4 cm³/mol. The molecule has 0 spiro atoms. The van der Waals surface area contributed by atoms with E-state index in [4.69, 9.17) is 4.74 Å². The third kappa shape index (κ3) is 2.00. The Morgan fingerprint density at radius 3 is 2.58 bits per heavy atom.